The van der Waals surface area contributed by atoms with Crippen molar-refractivity contribution in [3.05, 3.63) is 267 Å². The first-order valence-corrected chi connectivity index (χ1v) is 26.1. The Morgan fingerprint density at radius 1 is 0.230 bits per heavy atom. The van der Waals surface area contributed by atoms with E-state index in [4.69, 9.17) is 4.98 Å². The maximum Gasteiger partial charge on any atom is 0.0730 e. The Morgan fingerprint density at radius 3 is 1.26 bits per heavy atom. The number of hydrogen-bond acceptors (Lipinski definition) is 2. The highest BCUT2D eigenvalue weighted by atomic mass is 32.1. The Hall–Kier alpha value is -9.41. The first kappa shape index (κ1) is 42.3. The van der Waals surface area contributed by atoms with Crippen molar-refractivity contribution in [2.24, 2.45) is 0 Å². The van der Waals surface area contributed by atoms with Crippen LogP contribution < -0.4 is 0 Å². The molecule has 0 N–H and O–H groups in total. The maximum absolute atomic E-state index is 5.48. The summed E-state index contributed by atoms with van der Waals surface area (Å²) in [5.74, 6) is 0. The second-order valence-corrected chi connectivity index (χ2v) is 20.5. The molecule has 12 aromatic carbocycles. The molecule has 0 aliphatic heterocycles. The molecule has 0 radical (unpaired) electrons. The van der Waals surface area contributed by atoms with Gasteiger partial charge in [-0.25, -0.2) is 4.98 Å². The summed E-state index contributed by atoms with van der Waals surface area (Å²) in [4.78, 5) is 5.48. The summed E-state index contributed by atoms with van der Waals surface area (Å²) in [5.41, 5.74) is 16.9. The highest BCUT2D eigenvalue weighted by Crippen LogP contribution is 2.45. The van der Waals surface area contributed by atoms with Gasteiger partial charge in [0.15, 0.2) is 0 Å². The lowest BCUT2D eigenvalue weighted by Crippen LogP contribution is -1.98. The van der Waals surface area contributed by atoms with E-state index in [-0.39, 0.29) is 0 Å². The Bertz CT molecular complexity index is 4570. The SMILES string of the molecule is c1ccc(-c2ccc(-c3cc(-n4c5ccc(-c6ccccc6)cc5c5cc6c7cc(-c8ccc9sc%10ccccc%10c9c8)ccc7c7ccccc7c6cc54)cc(-c4ccc(-c5ccccc5)cc4)n3)cc2)cc1. The zero-order valence-electron chi connectivity index (χ0n) is 40.2. The fourth-order valence-electron chi connectivity index (χ4n) is 11.5. The second-order valence-electron chi connectivity index (χ2n) is 19.4. The number of pyridine rings is 1. The van der Waals surface area contributed by atoms with E-state index in [0.29, 0.717) is 0 Å². The fourth-order valence-corrected chi connectivity index (χ4v) is 12.6. The minimum absolute atomic E-state index is 0.915. The van der Waals surface area contributed by atoms with E-state index in [9.17, 15) is 0 Å². The smallest absolute Gasteiger partial charge is 0.0730 e. The molecular weight excluding hydrogens is 913 g/mol. The van der Waals surface area contributed by atoms with Gasteiger partial charge >= 0.3 is 0 Å². The summed E-state index contributed by atoms with van der Waals surface area (Å²) in [5, 5.41) is 12.5. The van der Waals surface area contributed by atoms with Crippen LogP contribution in [0.1, 0.15) is 0 Å². The minimum atomic E-state index is 0.915. The summed E-state index contributed by atoms with van der Waals surface area (Å²) >= 11 is 1.87. The first-order valence-electron chi connectivity index (χ1n) is 25.3. The van der Waals surface area contributed by atoms with Crippen LogP contribution in [0.4, 0.5) is 0 Å². The Labute approximate surface area is 432 Å². The predicted molar refractivity (Wildman–Crippen MR) is 317 cm³/mol. The summed E-state index contributed by atoms with van der Waals surface area (Å²) in [6, 6.07) is 98.0. The normalized spacial score (nSPS) is 11.8. The molecule has 3 heterocycles. The number of benzene rings is 12. The summed E-state index contributed by atoms with van der Waals surface area (Å²) in [6.07, 6.45) is 0. The molecule has 3 heteroatoms. The number of aromatic nitrogens is 2. The van der Waals surface area contributed by atoms with Gasteiger partial charge < -0.3 is 4.57 Å². The van der Waals surface area contributed by atoms with E-state index in [1.807, 2.05) is 11.3 Å². The van der Waals surface area contributed by atoms with Crippen LogP contribution in [0.5, 0.6) is 0 Å². The van der Waals surface area contributed by atoms with Gasteiger partial charge in [0, 0.05) is 42.1 Å². The largest absolute Gasteiger partial charge is 0.309 e. The van der Waals surface area contributed by atoms with Crippen molar-refractivity contribution >= 4 is 85.6 Å². The van der Waals surface area contributed by atoms with E-state index in [1.54, 1.807) is 0 Å². The third-order valence-electron chi connectivity index (χ3n) is 15.2. The van der Waals surface area contributed by atoms with Crippen LogP contribution in [0.25, 0.3) is 147 Å². The molecule has 0 bridgehead atoms. The summed E-state index contributed by atoms with van der Waals surface area (Å²) in [7, 11) is 0. The van der Waals surface area contributed by atoms with Gasteiger partial charge in [-0.1, -0.05) is 206 Å². The van der Waals surface area contributed by atoms with Crippen molar-refractivity contribution in [1.82, 2.24) is 9.55 Å². The maximum atomic E-state index is 5.48. The Morgan fingerprint density at radius 2 is 0.622 bits per heavy atom. The van der Waals surface area contributed by atoms with Crippen molar-refractivity contribution < 1.29 is 0 Å². The third kappa shape index (κ3) is 7.04. The Balaban J connectivity index is 0.986. The summed E-state index contributed by atoms with van der Waals surface area (Å²) in [6.45, 7) is 0. The number of nitrogens with zero attached hydrogens (tertiary/aromatic N) is 2. The van der Waals surface area contributed by atoms with Crippen molar-refractivity contribution in [1.29, 1.82) is 0 Å². The van der Waals surface area contributed by atoms with Crippen molar-refractivity contribution in [2.75, 3.05) is 0 Å². The zero-order valence-corrected chi connectivity index (χ0v) is 41.0. The molecular formula is C71H44N2S. The highest BCUT2D eigenvalue weighted by Gasteiger charge is 2.20. The number of fused-ring (bicyclic) bond motifs is 12. The molecule has 15 rings (SSSR count). The minimum Gasteiger partial charge on any atom is -0.309 e. The third-order valence-corrected chi connectivity index (χ3v) is 16.3. The molecule has 0 unspecified atom stereocenters. The molecule has 0 amide bonds. The van der Waals surface area contributed by atoms with Gasteiger partial charge in [0.05, 0.1) is 28.1 Å². The van der Waals surface area contributed by atoms with Gasteiger partial charge in [0.2, 0.25) is 0 Å². The molecule has 0 aliphatic carbocycles. The average Bonchev–Trinajstić information content (AvgIpc) is 4.06. The van der Waals surface area contributed by atoms with E-state index in [2.05, 4.69) is 271 Å². The highest BCUT2D eigenvalue weighted by molar-refractivity contribution is 7.25. The van der Waals surface area contributed by atoms with Crippen LogP contribution in [-0.4, -0.2) is 9.55 Å². The van der Waals surface area contributed by atoms with Gasteiger partial charge in [-0.05, 0) is 137 Å². The van der Waals surface area contributed by atoms with Crippen LogP contribution in [0, 0.1) is 0 Å². The molecule has 0 saturated carbocycles. The lowest BCUT2D eigenvalue weighted by molar-refractivity contribution is 1.16. The van der Waals surface area contributed by atoms with Crippen LogP contribution >= 0.6 is 11.3 Å². The van der Waals surface area contributed by atoms with Crippen LogP contribution in [0.2, 0.25) is 0 Å². The summed E-state index contributed by atoms with van der Waals surface area (Å²) < 4.78 is 5.12. The Kier molecular flexibility index (Phi) is 9.79. The van der Waals surface area contributed by atoms with E-state index < -0.39 is 0 Å². The fraction of sp³-hybridized carbons (Fsp3) is 0. The lowest BCUT2D eigenvalue weighted by atomic mass is 9.91. The van der Waals surface area contributed by atoms with Crippen LogP contribution in [0.15, 0.2) is 267 Å². The molecule has 344 valence electrons. The molecule has 0 aliphatic rings. The molecule has 74 heavy (non-hydrogen) atoms. The molecule has 2 nitrogen and oxygen atoms in total. The lowest BCUT2D eigenvalue weighted by Gasteiger charge is -2.15. The van der Waals surface area contributed by atoms with E-state index >= 15 is 0 Å². The van der Waals surface area contributed by atoms with Crippen molar-refractivity contribution in [3.63, 3.8) is 0 Å². The average molecular weight is 957 g/mol. The van der Waals surface area contributed by atoms with Gasteiger partial charge in [-0.3, -0.25) is 0 Å². The molecule has 0 saturated heterocycles. The molecule has 15 aromatic rings. The molecule has 0 spiro atoms. The number of rotatable bonds is 7. The van der Waals surface area contributed by atoms with Gasteiger partial charge in [0.1, 0.15) is 0 Å². The molecule has 3 aromatic heterocycles. The van der Waals surface area contributed by atoms with Crippen molar-refractivity contribution in [3.8, 4) is 72.7 Å². The monoisotopic (exact) mass is 956 g/mol. The van der Waals surface area contributed by atoms with Gasteiger partial charge in [-0.15, -0.1) is 11.3 Å². The van der Waals surface area contributed by atoms with Crippen molar-refractivity contribution in [2.45, 2.75) is 0 Å². The zero-order chi connectivity index (χ0) is 48.7. The quantitative estimate of drug-likeness (QED) is 0.146. The standard InChI is InChI=1S/C71H44N2S/c1-4-14-45(15-5-1)48-24-28-50(29-25-48)66-41-55(42-67(72-66)51-30-26-49(27-31-51)46-16-6-2-7-17-46)73-68-36-33-52(47-18-8-3-9-19-47)39-63(68)64-43-61-60-38-53(54-34-37-71-65(40-54)59-22-12-13-23-70(59)74-71)32-35-58(60)56-20-10-11-21-57(56)62(61)44-69(64)73/h1-44H. The number of thiophene rings is 1. The number of hydrogen-bond donors (Lipinski definition) is 0. The van der Waals surface area contributed by atoms with Crippen LogP contribution in [-0.2, 0) is 0 Å². The van der Waals surface area contributed by atoms with Gasteiger partial charge in [0.25, 0.3) is 0 Å². The van der Waals surface area contributed by atoms with E-state index in [1.165, 1.54) is 108 Å². The first-order chi connectivity index (χ1) is 36.6. The van der Waals surface area contributed by atoms with Crippen LogP contribution in [0.3, 0.4) is 0 Å². The van der Waals surface area contributed by atoms with E-state index in [0.717, 1.165) is 39.2 Å². The molecule has 0 atom stereocenters. The predicted octanol–water partition coefficient (Wildman–Crippen LogP) is 20.0. The van der Waals surface area contributed by atoms with Gasteiger partial charge in [-0.2, -0.15) is 0 Å². The topological polar surface area (TPSA) is 17.8 Å². The molecule has 0 fully saturated rings. The second kappa shape index (κ2) is 17.1.